The molecule has 1 rings (SSSR count). The molecule has 6 heteroatoms. The van der Waals surface area contributed by atoms with Gasteiger partial charge in [-0.05, 0) is 24.4 Å². The first-order valence-corrected chi connectivity index (χ1v) is 5.44. The summed E-state index contributed by atoms with van der Waals surface area (Å²) >= 11 is 5.76. The molecule has 16 heavy (non-hydrogen) atoms. The van der Waals surface area contributed by atoms with Crippen molar-refractivity contribution < 1.29 is 4.74 Å². The number of hydrogen-bond acceptors (Lipinski definition) is 5. The van der Waals surface area contributed by atoms with E-state index in [1.54, 1.807) is 14.0 Å². The van der Waals surface area contributed by atoms with Gasteiger partial charge in [0.15, 0.2) is 5.82 Å². The molecule has 0 aliphatic carbocycles. The van der Waals surface area contributed by atoms with Gasteiger partial charge in [0.25, 0.3) is 0 Å². The summed E-state index contributed by atoms with van der Waals surface area (Å²) in [5.41, 5.74) is 7.05. The Balaban J connectivity index is 2.66. The Bertz CT molecular complexity index is 359. The number of rotatable bonds is 5. The number of methoxy groups -OCH3 is 1. The van der Waals surface area contributed by atoms with Crippen LogP contribution in [0.3, 0.4) is 0 Å². The third-order valence-corrected chi connectivity index (χ3v) is 2.35. The second-order valence-corrected chi connectivity index (χ2v) is 4.12. The van der Waals surface area contributed by atoms with E-state index in [1.165, 1.54) is 0 Å². The zero-order valence-corrected chi connectivity index (χ0v) is 10.5. The van der Waals surface area contributed by atoms with Crippen molar-refractivity contribution in [3.05, 3.63) is 11.0 Å². The molecule has 1 aromatic rings. The first kappa shape index (κ1) is 13.0. The van der Waals surface area contributed by atoms with Crippen LogP contribution in [0.5, 0.6) is 0 Å². The molecule has 1 heterocycles. The number of ether oxygens (including phenoxy) is 1. The highest BCUT2D eigenvalue weighted by atomic mass is 35.5. The van der Waals surface area contributed by atoms with E-state index in [0.717, 1.165) is 6.54 Å². The lowest BCUT2D eigenvalue weighted by molar-refractivity contribution is 0.164. The van der Waals surface area contributed by atoms with Crippen molar-refractivity contribution in [3.8, 4) is 0 Å². The molecule has 0 radical (unpaired) electrons. The fourth-order valence-corrected chi connectivity index (χ4v) is 1.51. The van der Waals surface area contributed by atoms with Crippen molar-refractivity contribution in [1.29, 1.82) is 0 Å². The molecule has 0 bridgehead atoms. The van der Waals surface area contributed by atoms with Crippen molar-refractivity contribution in [2.75, 3.05) is 31.3 Å². The standard InChI is InChI=1S/C10H17ClN4O/c1-6(5-16-3)4-13-9-8(12)7(2)14-10(11)15-9/h6H,4-5,12H2,1-3H3,(H,13,14,15). The first-order chi connectivity index (χ1) is 7.54. The van der Waals surface area contributed by atoms with E-state index in [4.69, 9.17) is 22.1 Å². The number of nitrogens with one attached hydrogen (secondary N) is 1. The van der Waals surface area contributed by atoms with Gasteiger partial charge in [0.1, 0.15) is 0 Å². The second kappa shape index (κ2) is 5.86. The lowest BCUT2D eigenvalue weighted by Crippen LogP contribution is -2.17. The largest absolute Gasteiger partial charge is 0.394 e. The van der Waals surface area contributed by atoms with Gasteiger partial charge in [-0.15, -0.1) is 0 Å². The topological polar surface area (TPSA) is 73.1 Å². The molecule has 1 atom stereocenters. The van der Waals surface area contributed by atoms with E-state index in [-0.39, 0.29) is 5.28 Å². The average Bonchev–Trinajstić information content (AvgIpc) is 2.21. The fourth-order valence-electron chi connectivity index (χ4n) is 1.30. The van der Waals surface area contributed by atoms with Crippen LogP contribution in [-0.2, 0) is 4.74 Å². The first-order valence-electron chi connectivity index (χ1n) is 5.07. The molecule has 0 aliphatic rings. The molecular formula is C10H17ClN4O. The van der Waals surface area contributed by atoms with E-state index in [2.05, 4.69) is 22.2 Å². The van der Waals surface area contributed by atoms with Crippen molar-refractivity contribution in [1.82, 2.24) is 9.97 Å². The maximum atomic E-state index is 5.83. The van der Waals surface area contributed by atoms with Crippen LogP contribution in [0.25, 0.3) is 0 Å². The van der Waals surface area contributed by atoms with Crippen LogP contribution in [0.2, 0.25) is 5.28 Å². The minimum absolute atomic E-state index is 0.202. The molecular weight excluding hydrogens is 228 g/mol. The van der Waals surface area contributed by atoms with Gasteiger partial charge >= 0.3 is 0 Å². The molecule has 1 aromatic heterocycles. The van der Waals surface area contributed by atoms with Gasteiger partial charge in [0.05, 0.1) is 18.0 Å². The monoisotopic (exact) mass is 244 g/mol. The van der Waals surface area contributed by atoms with Crippen molar-refractivity contribution in [2.45, 2.75) is 13.8 Å². The number of aromatic nitrogens is 2. The number of anilines is 2. The molecule has 0 aromatic carbocycles. The van der Waals surface area contributed by atoms with Crippen LogP contribution < -0.4 is 11.1 Å². The number of nitrogens with two attached hydrogens (primary N) is 1. The minimum Gasteiger partial charge on any atom is -0.394 e. The van der Waals surface area contributed by atoms with Crippen LogP contribution in [0, 0.1) is 12.8 Å². The van der Waals surface area contributed by atoms with Crippen LogP contribution in [0.4, 0.5) is 11.5 Å². The minimum atomic E-state index is 0.202. The Kier molecular flexibility index (Phi) is 4.76. The molecule has 90 valence electrons. The Labute approximate surface area is 100 Å². The van der Waals surface area contributed by atoms with Crippen molar-refractivity contribution in [2.24, 2.45) is 5.92 Å². The van der Waals surface area contributed by atoms with Gasteiger partial charge in [0.2, 0.25) is 5.28 Å². The quantitative estimate of drug-likeness (QED) is 0.772. The zero-order valence-electron chi connectivity index (χ0n) is 9.75. The molecule has 1 unspecified atom stereocenters. The van der Waals surface area contributed by atoms with E-state index in [1.807, 2.05) is 0 Å². The van der Waals surface area contributed by atoms with Gasteiger partial charge in [0, 0.05) is 13.7 Å². The Morgan fingerprint density at radius 2 is 2.19 bits per heavy atom. The van der Waals surface area contributed by atoms with E-state index >= 15 is 0 Å². The van der Waals surface area contributed by atoms with Gasteiger partial charge in [-0.25, -0.2) is 4.98 Å². The lowest BCUT2D eigenvalue weighted by Gasteiger charge is -2.14. The molecule has 0 fully saturated rings. The average molecular weight is 245 g/mol. The van der Waals surface area contributed by atoms with E-state index in [0.29, 0.717) is 29.7 Å². The maximum absolute atomic E-state index is 5.83. The Morgan fingerprint density at radius 3 is 2.81 bits per heavy atom. The summed E-state index contributed by atoms with van der Waals surface area (Å²) in [4.78, 5) is 8.00. The van der Waals surface area contributed by atoms with Gasteiger partial charge in [-0.3, -0.25) is 0 Å². The highest BCUT2D eigenvalue weighted by Gasteiger charge is 2.08. The number of halogens is 1. The van der Waals surface area contributed by atoms with Crippen LogP contribution in [0.1, 0.15) is 12.6 Å². The molecule has 0 saturated carbocycles. The summed E-state index contributed by atoms with van der Waals surface area (Å²) in [5.74, 6) is 0.957. The normalized spacial score (nSPS) is 12.5. The van der Waals surface area contributed by atoms with E-state index < -0.39 is 0 Å². The van der Waals surface area contributed by atoms with Crippen LogP contribution in [-0.4, -0.2) is 30.2 Å². The third kappa shape index (κ3) is 3.50. The summed E-state index contributed by atoms with van der Waals surface area (Å²) in [6.07, 6.45) is 0. The molecule has 0 saturated heterocycles. The highest BCUT2D eigenvalue weighted by molar-refractivity contribution is 6.28. The molecule has 0 amide bonds. The lowest BCUT2D eigenvalue weighted by atomic mass is 10.2. The molecule has 5 nitrogen and oxygen atoms in total. The molecule has 0 spiro atoms. The van der Waals surface area contributed by atoms with Crippen LogP contribution in [0.15, 0.2) is 0 Å². The summed E-state index contributed by atoms with van der Waals surface area (Å²) in [7, 11) is 1.68. The number of nitrogen functional groups attached to an aromatic ring is 1. The SMILES string of the molecule is COCC(C)CNc1nc(Cl)nc(C)c1N. The Morgan fingerprint density at radius 1 is 1.50 bits per heavy atom. The maximum Gasteiger partial charge on any atom is 0.224 e. The number of aryl methyl sites for hydroxylation is 1. The Hall–Kier alpha value is -1.07. The second-order valence-electron chi connectivity index (χ2n) is 3.78. The highest BCUT2D eigenvalue weighted by Crippen LogP contribution is 2.20. The zero-order chi connectivity index (χ0) is 12.1. The third-order valence-electron chi connectivity index (χ3n) is 2.18. The van der Waals surface area contributed by atoms with Crippen LogP contribution >= 0.6 is 11.6 Å². The summed E-state index contributed by atoms with van der Waals surface area (Å²) in [6.45, 7) is 5.28. The van der Waals surface area contributed by atoms with Crippen molar-refractivity contribution in [3.63, 3.8) is 0 Å². The van der Waals surface area contributed by atoms with Crippen molar-refractivity contribution >= 4 is 23.1 Å². The smallest absolute Gasteiger partial charge is 0.224 e. The van der Waals surface area contributed by atoms with Gasteiger partial charge in [-0.1, -0.05) is 6.92 Å². The molecule has 3 N–H and O–H groups in total. The van der Waals surface area contributed by atoms with Gasteiger partial charge < -0.3 is 15.8 Å². The summed E-state index contributed by atoms with van der Waals surface area (Å²) in [6, 6.07) is 0. The fraction of sp³-hybridized carbons (Fsp3) is 0.600. The summed E-state index contributed by atoms with van der Waals surface area (Å²) < 4.78 is 5.04. The predicted octanol–water partition coefficient (Wildman–Crippen LogP) is 1.72. The molecule has 0 aliphatic heterocycles. The number of hydrogen-bond donors (Lipinski definition) is 2. The van der Waals surface area contributed by atoms with Gasteiger partial charge in [-0.2, -0.15) is 4.98 Å². The van der Waals surface area contributed by atoms with E-state index in [9.17, 15) is 0 Å². The number of nitrogens with zero attached hydrogens (tertiary/aromatic N) is 2. The summed E-state index contributed by atoms with van der Waals surface area (Å²) in [5, 5.41) is 3.34. The predicted molar refractivity (Wildman–Crippen MR) is 65.7 cm³/mol.